The molecule has 0 aromatic heterocycles. The van der Waals surface area contributed by atoms with Gasteiger partial charge < -0.3 is 14.8 Å². The molecule has 32 heavy (non-hydrogen) atoms. The van der Waals surface area contributed by atoms with Crippen molar-refractivity contribution in [2.24, 2.45) is 0 Å². The Morgan fingerprint density at radius 1 is 0.906 bits per heavy atom. The number of ether oxygens (including phenoxy) is 2. The van der Waals surface area contributed by atoms with Crippen molar-refractivity contribution in [2.75, 3.05) is 30.9 Å². The first kappa shape index (κ1) is 23.1. The smallest absolute Gasteiger partial charge is 0.264 e. The van der Waals surface area contributed by atoms with Crippen LogP contribution >= 0.6 is 0 Å². The number of sulfonamides is 1. The van der Waals surface area contributed by atoms with Crippen LogP contribution in [0.15, 0.2) is 77.7 Å². The van der Waals surface area contributed by atoms with E-state index in [0.29, 0.717) is 29.3 Å². The molecule has 1 N–H and O–H groups in total. The average Bonchev–Trinajstić information content (AvgIpc) is 2.82. The third kappa shape index (κ3) is 5.39. The van der Waals surface area contributed by atoms with Crippen molar-refractivity contribution < 1.29 is 22.7 Å². The summed E-state index contributed by atoms with van der Waals surface area (Å²) in [6, 6.07) is 20.6. The minimum absolute atomic E-state index is 0.0987. The second kappa shape index (κ2) is 10.2. The molecule has 0 heterocycles. The van der Waals surface area contributed by atoms with Crippen LogP contribution in [-0.2, 0) is 21.2 Å². The van der Waals surface area contributed by atoms with Crippen LogP contribution in [0.2, 0.25) is 0 Å². The minimum atomic E-state index is -3.76. The van der Waals surface area contributed by atoms with Gasteiger partial charge in [-0.15, -0.1) is 0 Å². The molecule has 0 saturated carbocycles. The number of anilines is 2. The van der Waals surface area contributed by atoms with Crippen molar-refractivity contribution >= 4 is 27.3 Å². The predicted octanol–water partition coefficient (Wildman–Crippen LogP) is 4.10. The number of carbonyl (C=O) groups is 1. The van der Waals surface area contributed by atoms with E-state index in [4.69, 9.17) is 9.47 Å². The van der Waals surface area contributed by atoms with Gasteiger partial charge in [0.2, 0.25) is 5.91 Å². The summed E-state index contributed by atoms with van der Waals surface area (Å²) >= 11 is 0. The average molecular weight is 455 g/mol. The highest BCUT2D eigenvalue weighted by atomic mass is 32.2. The van der Waals surface area contributed by atoms with Crippen molar-refractivity contribution in [3.05, 3.63) is 78.4 Å². The molecule has 7 nitrogen and oxygen atoms in total. The van der Waals surface area contributed by atoms with Gasteiger partial charge in [-0.25, -0.2) is 8.42 Å². The summed E-state index contributed by atoms with van der Waals surface area (Å²) in [7, 11) is 0.862. The Labute approximate surface area is 188 Å². The van der Waals surface area contributed by atoms with E-state index < -0.39 is 10.0 Å². The molecular formula is C24H26N2O5S. The van der Waals surface area contributed by atoms with Crippen LogP contribution in [0.1, 0.15) is 12.0 Å². The monoisotopic (exact) mass is 454 g/mol. The first-order valence-corrected chi connectivity index (χ1v) is 11.4. The number of benzene rings is 3. The highest BCUT2D eigenvalue weighted by Gasteiger charge is 2.21. The topological polar surface area (TPSA) is 84.9 Å². The Kier molecular flexibility index (Phi) is 7.37. The minimum Gasteiger partial charge on any atom is -0.493 e. The standard InChI is InChI=1S/C24H26N2O5S/c1-26(20-9-5-4-6-10-20)32(28,29)21-11-7-8-19(17-21)25-24(27)15-13-18-12-14-22(30-2)23(16-18)31-3/h4-12,14,16-17H,13,15H2,1-3H3,(H,25,27). The Morgan fingerprint density at radius 3 is 2.31 bits per heavy atom. The van der Waals surface area contributed by atoms with Crippen molar-refractivity contribution in [3.8, 4) is 11.5 Å². The SMILES string of the molecule is COc1ccc(CCC(=O)Nc2cccc(S(=O)(=O)N(C)c3ccccc3)c2)cc1OC. The number of hydrogen-bond acceptors (Lipinski definition) is 5. The fraction of sp³-hybridized carbons (Fsp3) is 0.208. The highest BCUT2D eigenvalue weighted by molar-refractivity contribution is 7.92. The van der Waals surface area contributed by atoms with Crippen LogP contribution in [0, 0.1) is 0 Å². The number of carbonyl (C=O) groups excluding carboxylic acids is 1. The first-order valence-electron chi connectivity index (χ1n) is 10.00. The van der Waals surface area contributed by atoms with Crippen LogP contribution in [0.25, 0.3) is 0 Å². The van der Waals surface area contributed by atoms with Gasteiger partial charge in [0.1, 0.15) is 0 Å². The Balaban J connectivity index is 1.67. The van der Waals surface area contributed by atoms with E-state index in [-0.39, 0.29) is 17.2 Å². The van der Waals surface area contributed by atoms with Gasteiger partial charge in [0.15, 0.2) is 11.5 Å². The van der Waals surface area contributed by atoms with E-state index in [2.05, 4.69) is 5.32 Å². The Bertz CT molecular complexity index is 1180. The second-order valence-corrected chi connectivity index (χ2v) is 9.04. The van der Waals surface area contributed by atoms with Gasteiger partial charge in [0.25, 0.3) is 10.0 Å². The molecular weight excluding hydrogens is 428 g/mol. The summed E-state index contributed by atoms with van der Waals surface area (Å²) in [5.74, 6) is 1.01. The number of rotatable bonds is 9. The third-order valence-corrected chi connectivity index (χ3v) is 6.77. The molecule has 1 amide bonds. The maximum Gasteiger partial charge on any atom is 0.264 e. The summed E-state index contributed by atoms with van der Waals surface area (Å²) in [5, 5.41) is 2.78. The molecule has 0 bridgehead atoms. The summed E-state index contributed by atoms with van der Waals surface area (Å²) < 4.78 is 37.7. The van der Waals surface area contributed by atoms with E-state index in [0.717, 1.165) is 5.56 Å². The highest BCUT2D eigenvalue weighted by Crippen LogP contribution is 2.28. The van der Waals surface area contributed by atoms with Crippen molar-refractivity contribution in [2.45, 2.75) is 17.7 Å². The van der Waals surface area contributed by atoms with E-state index in [1.165, 1.54) is 23.5 Å². The fourth-order valence-electron chi connectivity index (χ4n) is 3.19. The van der Waals surface area contributed by atoms with E-state index >= 15 is 0 Å². The molecule has 0 unspecified atom stereocenters. The molecule has 8 heteroatoms. The van der Waals surface area contributed by atoms with Crippen molar-refractivity contribution in [1.29, 1.82) is 0 Å². The molecule has 0 saturated heterocycles. The summed E-state index contributed by atoms with van der Waals surface area (Å²) in [5.41, 5.74) is 1.90. The van der Waals surface area contributed by atoms with Crippen LogP contribution in [0.3, 0.4) is 0 Å². The van der Waals surface area contributed by atoms with Crippen LogP contribution < -0.4 is 19.1 Å². The summed E-state index contributed by atoms with van der Waals surface area (Å²) in [6.45, 7) is 0. The Hall–Kier alpha value is -3.52. The summed E-state index contributed by atoms with van der Waals surface area (Å²) in [6.07, 6.45) is 0.733. The van der Waals surface area contributed by atoms with Gasteiger partial charge >= 0.3 is 0 Å². The predicted molar refractivity (Wildman–Crippen MR) is 125 cm³/mol. The fourth-order valence-corrected chi connectivity index (χ4v) is 4.43. The zero-order valence-electron chi connectivity index (χ0n) is 18.2. The number of nitrogens with one attached hydrogen (secondary N) is 1. The zero-order chi connectivity index (χ0) is 23.1. The molecule has 3 aromatic rings. The van der Waals surface area contributed by atoms with E-state index in [1.54, 1.807) is 56.7 Å². The molecule has 3 rings (SSSR count). The first-order chi connectivity index (χ1) is 15.3. The summed E-state index contributed by atoms with van der Waals surface area (Å²) in [4.78, 5) is 12.6. The molecule has 0 fully saturated rings. The lowest BCUT2D eigenvalue weighted by molar-refractivity contribution is -0.116. The number of para-hydroxylation sites is 1. The lowest BCUT2D eigenvalue weighted by atomic mass is 10.1. The molecule has 0 spiro atoms. The molecule has 168 valence electrons. The van der Waals surface area contributed by atoms with Crippen LogP contribution in [0.5, 0.6) is 11.5 Å². The lowest BCUT2D eigenvalue weighted by Crippen LogP contribution is -2.26. The van der Waals surface area contributed by atoms with Gasteiger partial charge in [-0.2, -0.15) is 0 Å². The third-order valence-electron chi connectivity index (χ3n) is 4.98. The molecule has 3 aromatic carbocycles. The lowest BCUT2D eigenvalue weighted by Gasteiger charge is -2.20. The number of amides is 1. The number of nitrogens with zero attached hydrogens (tertiary/aromatic N) is 1. The normalized spacial score (nSPS) is 11.0. The van der Waals surface area contributed by atoms with E-state index in [1.807, 2.05) is 18.2 Å². The van der Waals surface area contributed by atoms with Crippen molar-refractivity contribution in [1.82, 2.24) is 0 Å². The number of methoxy groups -OCH3 is 2. The molecule has 0 aliphatic carbocycles. The largest absolute Gasteiger partial charge is 0.493 e. The number of aryl methyl sites for hydroxylation is 1. The Morgan fingerprint density at radius 2 is 1.62 bits per heavy atom. The quantitative estimate of drug-likeness (QED) is 0.526. The second-order valence-electron chi connectivity index (χ2n) is 7.07. The van der Waals surface area contributed by atoms with Crippen LogP contribution in [-0.4, -0.2) is 35.6 Å². The van der Waals surface area contributed by atoms with Gasteiger partial charge in [0.05, 0.1) is 24.8 Å². The van der Waals surface area contributed by atoms with Crippen LogP contribution in [0.4, 0.5) is 11.4 Å². The van der Waals surface area contributed by atoms with Gasteiger partial charge in [-0.3, -0.25) is 9.10 Å². The van der Waals surface area contributed by atoms with Gasteiger partial charge in [-0.05, 0) is 54.4 Å². The molecule has 0 aliphatic heterocycles. The molecule has 0 radical (unpaired) electrons. The van der Waals surface area contributed by atoms with Gasteiger partial charge in [-0.1, -0.05) is 30.3 Å². The van der Waals surface area contributed by atoms with Crippen molar-refractivity contribution in [3.63, 3.8) is 0 Å². The zero-order valence-corrected chi connectivity index (χ0v) is 19.1. The maximum atomic E-state index is 13.0. The van der Waals surface area contributed by atoms with Gasteiger partial charge in [0, 0.05) is 19.2 Å². The molecule has 0 aliphatic rings. The maximum absolute atomic E-state index is 13.0. The molecule has 0 atom stereocenters. The number of hydrogen-bond donors (Lipinski definition) is 1. The van der Waals surface area contributed by atoms with E-state index in [9.17, 15) is 13.2 Å².